The van der Waals surface area contributed by atoms with Crippen LogP contribution >= 0.6 is 0 Å². The molecular weight excluding hydrogens is 166 g/mol. The summed E-state index contributed by atoms with van der Waals surface area (Å²) in [6.07, 6.45) is 1.51. The molecule has 78 valence electrons. The van der Waals surface area contributed by atoms with E-state index in [1.54, 1.807) is 0 Å². The Balaban J connectivity index is 4.06. The first kappa shape index (κ1) is 12.4. The van der Waals surface area contributed by atoms with Crippen LogP contribution in [0.2, 0.25) is 0 Å². The fourth-order valence-electron chi connectivity index (χ4n) is 1.07. The molecule has 0 saturated heterocycles. The van der Waals surface area contributed by atoms with E-state index in [0.29, 0.717) is 13.0 Å². The van der Waals surface area contributed by atoms with Crippen LogP contribution in [0.3, 0.4) is 0 Å². The van der Waals surface area contributed by atoms with Gasteiger partial charge < -0.3 is 10.5 Å². The van der Waals surface area contributed by atoms with E-state index >= 15 is 0 Å². The van der Waals surface area contributed by atoms with E-state index in [2.05, 4.69) is 0 Å². The summed E-state index contributed by atoms with van der Waals surface area (Å²) in [6, 6.07) is 0. The number of hydrogen-bond donors (Lipinski definition) is 1. The standard InChI is InChI=1S/C10H21NO2/c1-5-8(6-7-11)9(12)13-10(2,3)4/h8H,5-7,11H2,1-4H3. The molecule has 0 aliphatic rings. The molecule has 0 aromatic heterocycles. The lowest BCUT2D eigenvalue weighted by molar-refractivity contribution is -0.160. The van der Waals surface area contributed by atoms with E-state index in [9.17, 15) is 4.79 Å². The molecule has 0 aromatic rings. The van der Waals surface area contributed by atoms with Crippen LogP contribution in [0.4, 0.5) is 0 Å². The Hall–Kier alpha value is -0.570. The summed E-state index contributed by atoms with van der Waals surface area (Å²) in [5.41, 5.74) is 5.01. The molecular formula is C10H21NO2. The predicted molar refractivity (Wildman–Crippen MR) is 53.3 cm³/mol. The molecule has 0 aromatic carbocycles. The fourth-order valence-corrected chi connectivity index (χ4v) is 1.07. The van der Waals surface area contributed by atoms with Gasteiger partial charge in [-0.15, -0.1) is 0 Å². The molecule has 0 radical (unpaired) electrons. The van der Waals surface area contributed by atoms with Gasteiger partial charge in [0.1, 0.15) is 5.60 Å². The molecule has 1 unspecified atom stereocenters. The molecule has 0 heterocycles. The van der Waals surface area contributed by atoms with Crippen LogP contribution in [0.5, 0.6) is 0 Å². The Kier molecular flexibility index (Phi) is 4.99. The number of rotatable bonds is 4. The Morgan fingerprint density at radius 1 is 1.46 bits per heavy atom. The SMILES string of the molecule is CCC(CCN)C(=O)OC(C)(C)C. The number of nitrogens with two attached hydrogens (primary N) is 1. The van der Waals surface area contributed by atoms with Crippen LogP contribution in [0.1, 0.15) is 40.5 Å². The highest BCUT2D eigenvalue weighted by atomic mass is 16.6. The van der Waals surface area contributed by atoms with Gasteiger partial charge >= 0.3 is 5.97 Å². The van der Waals surface area contributed by atoms with Gasteiger partial charge in [-0.2, -0.15) is 0 Å². The van der Waals surface area contributed by atoms with Crippen molar-refractivity contribution >= 4 is 5.97 Å². The van der Waals surface area contributed by atoms with E-state index in [1.807, 2.05) is 27.7 Å². The molecule has 13 heavy (non-hydrogen) atoms. The van der Waals surface area contributed by atoms with Crippen molar-refractivity contribution in [2.45, 2.75) is 46.1 Å². The van der Waals surface area contributed by atoms with E-state index in [0.717, 1.165) is 6.42 Å². The molecule has 0 amide bonds. The van der Waals surface area contributed by atoms with Crippen molar-refractivity contribution in [3.63, 3.8) is 0 Å². The van der Waals surface area contributed by atoms with Gasteiger partial charge in [0.15, 0.2) is 0 Å². The molecule has 0 saturated carbocycles. The topological polar surface area (TPSA) is 52.3 Å². The highest BCUT2D eigenvalue weighted by molar-refractivity contribution is 5.72. The summed E-state index contributed by atoms with van der Waals surface area (Å²) in [6.45, 7) is 8.14. The Morgan fingerprint density at radius 3 is 2.31 bits per heavy atom. The lowest BCUT2D eigenvalue weighted by Gasteiger charge is -2.23. The second kappa shape index (κ2) is 5.22. The summed E-state index contributed by atoms with van der Waals surface area (Å²) >= 11 is 0. The van der Waals surface area contributed by atoms with Crippen molar-refractivity contribution < 1.29 is 9.53 Å². The van der Waals surface area contributed by atoms with E-state index in [4.69, 9.17) is 10.5 Å². The molecule has 0 rings (SSSR count). The monoisotopic (exact) mass is 187 g/mol. The smallest absolute Gasteiger partial charge is 0.309 e. The zero-order valence-corrected chi connectivity index (χ0v) is 9.09. The third-order valence-corrected chi connectivity index (χ3v) is 1.75. The Morgan fingerprint density at radius 2 is 2.00 bits per heavy atom. The van der Waals surface area contributed by atoms with Gasteiger partial charge in [-0.3, -0.25) is 4.79 Å². The maximum absolute atomic E-state index is 11.5. The zero-order chi connectivity index (χ0) is 10.5. The molecule has 3 heteroatoms. The van der Waals surface area contributed by atoms with Crippen molar-refractivity contribution in [2.24, 2.45) is 11.7 Å². The van der Waals surface area contributed by atoms with Crippen LogP contribution < -0.4 is 5.73 Å². The molecule has 0 bridgehead atoms. The van der Waals surface area contributed by atoms with Gasteiger partial charge in [0.05, 0.1) is 5.92 Å². The summed E-state index contributed by atoms with van der Waals surface area (Å²) in [5, 5.41) is 0. The summed E-state index contributed by atoms with van der Waals surface area (Å²) in [5.74, 6) is -0.162. The van der Waals surface area contributed by atoms with Crippen LogP contribution in [0.25, 0.3) is 0 Å². The fraction of sp³-hybridized carbons (Fsp3) is 0.900. The maximum atomic E-state index is 11.5. The maximum Gasteiger partial charge on any atom is 0.309 e. The van der Waals surface area contributed by atoms with Gasteiger partial charge in [0.2, 0.25) is 0 Å². The average molecular weight is 187 g/mol. The first-order valence-electron chi connectivity index (χ1n) is 4.83. The summed E-state index contributed by atoms with van der Waals surface area (Å²) in [7, 11) is 0. The first-order valence-corrected chi connectivity index (χ1v) is 4.83. The van der Waals surface area contributed by atoms with Crippen molar-refractivity contribution in [1.82, 2.24) is 0 Å². The van der Waals surface area contributed by atoms with Crippen molar-refractivity contribution in [2.75, 3.05) is 6.54 Å². The largest absolute Gasteiger partial charge is 0.460 e. The first-order chi connectivity index (χ1) is 5.90. The molecule has 0 fully saturated rings. The van der Waals surface area contributed by atoms with E-state index in [-0.39, 0.29) is 17.5 Å². The third-order valence-electron chi connectivity index (χ3n) is 1.75. The Bertz CT molecular complexity index is 161. The number of carbonyl (C=O) groups is 1. The molecule has 3 nitrogen and oxygen atoms in total. The lowest BCUT2D eigenvalue weighted by Crippen LogP contribution is -2.29. The predicted octanol–water partition coefficient (Wildman–Crippen LogP) is 1.70. The number of carbonyl (C=O) groups excluding carboxylic acids is 1. The summed E-state index contributed by atoms with van der Waals surface area (Å²) < 4.78 is 5.25. The molecule has 1 atom stereocenters. The number of ether oxygens (including phenoxy) is 1. The van der Waals surface area contributed by atoms with E-state index < -0.39 is 0 Å². The Labute approximate surface area is 80.6 Å². The lowest BCUT2D eigenvalue weighted by atomic mass is 10.0. The van der Waals surface area contributed by atoms with Crippen LogP contribution in [0.15, 0.2) is 0 Å². The van der Waals surface area contributed by atoms with Crippen molar-refractivity contribution in [1.29, 1.82) is 0 Å². The molecule has 0 aliphatic heterocycles. The van der Waals surface area contributed by atoms with E-state index in [1.165, 1.54) is 0 Å². The second-order valence-electron chi connectivity index (χ2n) is 4.22. The van der Waals surface area contributed by atoms with Crippen LogP contribution in [-0.2, 0) is 9.53 Å². The van der Waals surface area contributed by atoms with Gasteiger partial charge in [0.25, 0.3) is 0 Å². The number of hydrogen-bond acceptors (Lipinski definition) is 3. The minimum atomic E-state index is -0.390. The van der Waals surface area contributed by atoms with Gasteiger partial charge in [-0.25, -0.2) is 0 Å². The minimum Gasteiger partial charge on any atom is -0.460 e. The number of esters is 1. The normalized spacial score (nSPS) is 13.9. The quantitative estimate of drug-likeness (QED) is 0.681. The van der Waals surface area contributed by atoms with Gasteiger partial charge in [0, 0.05) is 0 Å². The van der Waals surface area contributed by atoms with Crippen molar-refractivity contribution in [3.8, 4) is 0 Å². The second-order valence-corrected chi connectivity index (χ2v) is 4.22. The highest BCUT2D eigenvalue weighted by Crippen LogP contribution is 2.15. The minimum absolute atomic E-state index is 0.0378. The third kappa shape index (κ3) is 5.64. The van der Waals surface area contributed by atoms with Crippen LogP contribution in [-0.4, -0.2) is 18.1 Å². The molecule has 0 spiro atoms. The average Bonchev–Trinajstić information content (AvgIpc) is 1.96. The van der Waals surface area contributed by atoms with Gasteiger partial charge in [-0.1, -0.05) is 6.92 Å². The molecule has 0 aliphatic carbocycles. The molecule has 2 N–H and O–H groups in total. The zero-order valence-electron chi connectivity index (χ0n) is 9.09. The van der Waals surface area contributed by atoms with Crippen molar-refractivity contribution in [3.05, 3.63) is 0 Å². The van der Waals surface area contributed by atoms with Crippen LogP contribution in [0, 0.1) is 5.92 Å². The summed E-state index contributed by atoms with van der Waals surface area (Å²) in [4.78, 5) is 11.5. The highest BCUT2D eigenvalue weighted by Gasteiger charge is 2.22. The van der Waals surface area contributed by atoms with Gasteiger partial charge in [-0.05, 0) is 40.2 Å².